The first-order chi connectivity index (χ1) is 8.83. The minimum Gasteiger partial charge on any atom is -0.488 e. The third-order valence-corrected chi connectivity index (χ3v) is 2.47. The van der Waals surface area contributed by atoms with E-state index in [4.69, 9.17) is 15.3 Å². The van der Waals surface area contributed by atoms with Crippen LogP contribution in [0.15, 0.2) is 48.5 Å². The molecule has 2 aromatic rings. The largest absolute Gasteiger partial charge is 0.488 e. The van der Waals surface area contributed by atoms with Crippen LogP contribution in [-0.2, 0) is 6.61 Å². The van der Waals surface area contributed by atoms with Crippen molar-refractivity contribution in [3.05, 3.63) is 65.2 Å². The van der Waals surface area contributed by atoms with Gasteiger partial charge in [-0.05, 0) is 23.8 Å². The fourth-order valence-electron chi connectivity index (χ4n) is 1.55. The Hall–Kier alpha value is -2.78. The molecular formula is C15H10N2O. The maximum atomic E-state index is 9.00. The van der Waals surface area contributed by atoms with E-state index in [-0.39, 0.29) is 0 Å². The molecule has 0 spiro atoms. The Balaban J connectivity index is 2.16. The molecule has 0 amide bonds. The molecule has 0 heterocycles. The number of hydrogen-bond acceptors (Lipinski definition) is 3. The molecular weight excluding hydrogens is 224 g/mol. The summed E-state index contributed by atoms with van der Waals surface area (Å²) in [6, 6.07) is 18.6. The number of nitrogens with zero attached hydrogens (tertiary/aromatic N) is 2. The molecule has 0 unspecified atom stereocenters. The van der Waals surface area contributed by atoms with Gasteiger partial charge in [-0.1, -0.05) is 30.3 Å². The van der Waals surface area contributed by atoms with Crippen LogP contribution in [0.5, 0.6) is 5.75 Å². The summed E-state index contributed by atoms with van der Waals surface area (Å²) in [6.07, 6.45) is 0. The van der Waals surface area contributed by atoms with Gasteiger partial charge in [-0.2, -0.15) is 10.5 Å². The molecule has 0 saturated carbocycles. The van der Waals surface area contributed by atoms with E-state index in [0.29, 0.717) is 23.5 Å². The van der Waals surface area contributed by atoms with Crippen LogP contribution in [0.25, 0.3) is 0 Å². The molecule has 2 rings (SSSR count). The summed E-state index contributed by atoms with van der Waals surface area (Å²) in [6.45, 7) is 0.404. The van der Waals surface area contributed by atoms with E-state index in [1.54, 1.807) is 12.1 Å². The van der Waals surface area contributed by atoms with Crippen LogP contribution in [-0.4, -0.2) is 0 Å². The Kier molecular flexibility index (Phi) is 3.59. The standard InChI is InChI=1S/C15H10N2O/c16-9-13-6-7-15(14(8-13)10-17)18-11-12-4-2-1-3-5-12/h1-8H,11H2. The van der Waals surface area contributed by atoms with Crippen molar-refractivity contribution in [2.45, 2.75) is 6.61 Å². The van der Waals surface area contributed by atoms with Gasteiger partial charge in [-0.25, -0.2) is 0 Å². The quantitative estimate of drug-likeness (QED) is 0.820. The molecule has 2 aromatic carbocycles. The lowest BCUT2D eigenvalue weighted by Crippen LogP contribution is -1.97. The third kappa shape index (κ3) is 2.66. The number of benzene rings is 2. The minimum atomic E-state index is 0.380. The van der Waals surface area contributed by atoms with Crippen molar-refractivity contribution in [2.75, 3.05) is 0 Å². The monoisotopic (exact) mass is 234 g/mol. The highest BCUT2D eigenvalue weighted by Gasteiger charge is 2.04. The van der Waals surface area contributed by atoms with Gasteiger partial charge in [0.2, 0.25) is 0 Å². The van der Waals surface area contributed by atoms with Crippen molar-refractivity contribution in [3.8, 4) is 17.9 Å². The fourth-order valence-corrected chi connectivity index (χ4v) is 1.55. The second kappa shape index (κ2) is 5.52. The molecule has 0 aliphatic heterocycles. The van der Waals surface area contributed by atoms with E-state index in [2.05, 4.69) is 0 Å². The first kappa shape index (κ1) is 11.7. The Morgan fingerprint density at radius 2 is 1.72 bits per heavy atom. The van der Waals surface area contributed by atoms with Crippen LogP contribution < -0.4 is 4.74 Å². The number of rotatable bonds is 3. The van der Waals surface area contributed by atoms with Crippen molar-refractivity contribution in [3.63, 3.8) is 0 Å². The number of hydrogen-bond donors (Lipinski definition) is 0. The molecule has 0 aromatic heterocycles. The maximum absolute atomic E-state index is 9.00. The normalized spacial score (nSPS) is 9.22. The summed E-state index contributed by atoms with van der Waals surface area (Å²) < 4.78 is 5.58. The van der Waals surface area contributed by atoms with Crippen molar-refractivity contribution >= 4 is 0 Å². The lowest BCUT2D eigenvalue weighted by atomic mass is 10.1. The topological polar surface area (TPSA) is 56.8 Å². The molecule has 0 atom stereocenters. The highest BCUT2D eigenvalue weighted by molar-refractivity contribution is 5.48. The molecule has 0 fully saturated rings. The molecule has 3 heteroatoms. The highest BCUT2D eigenvalue weighted by Crippen LogP contribution is 2.20. The van der Waals surface area contributed by atoms with E-state index in [9.17, 15) is 0 Å². The zero-order chi connectivity index (χ0) is 12.8. The Labute approximate surface area is 105 Å². The fraction of sp³-hybridized carbons (Fsp3) is 0.0667. The molecule has 86 valence electrons. The van der Waals surface area contributed by atoms with Crippen LogP contribution in [0, 0.1) is 22.7 Å². The van der Waals surface area contributed by atoms with Gasteiger partial charge in [0, 0.05) is 0 Å². The zero-order valence-corrected chi connectivity index (χ0v) is 9.63. The van der Waals surface area contributed by atoms with Gasteiger partial charge in [0.15, 0.2) is 0 Å². The van der Waals surface area contributed by atoms with E-state index < -0.39 is 0 Å². The van der Waals surface area contributed by atoms with E-state index in [1.165, 1.54) is 6.07 Å². The van der Waals surface area contributed by atoms with Crippen LogP contribution >= 0.6 is 0 Å². The summed E-state index contributed by atoms with van der Waals surface area (Å²) in [5.41, 5.74) is 1.87. The molecule has 3 nitrogen and oxygen atoms in total. The first-order valence-corrected chi connectivity index (χ1v) is 5.44. The summed E-state index contributed by atoms with van der Waals surface area (Å²) in [5, 5.41) is 17.8. The minimum absolute atomic E-state index is 0.380. The number of nitriles is 2. The van der Waals surface area contributed by atoms with Crippen LogP contribution in [0.3, 0.4) is 0 Å². The Bertz CT molecular complexity index is 621. The molecule has 18 heavy (non-hydrogen) atoms. The smallest absolute Gasteiger partial charge is 0.137 e. The average molecular weight is 234 g/mol. The van der Waals surface area contributed by atoms with Crippen molar-refractivity contribution < 1.29 is 4.74 Å². The van der Waals surface area contributed by atoms with Crippen LogP contribution in [0.4, 0.5) is 0 Å². The predicted octanol–water partition coefficient (Wildman–Crippen LogP) is 3.01. The summed E-state index contributed by atoms with van der Waals surface area (Å²) in [5.74, 6) is 0.500. The van der Waals surface area contributed by atoms with Gasteiger partial charge < -0.3 is 4.74 Å². The number of ether oxygens (including phenoxy) is 1. The van der Waals surface area contributed by atoms with E-state index >= 15 is 0 Å². The van der Waals surface area contributed by atoms with Gasteiger partial charge in [0.1, 0.15) is 18.4 Å². The lowest BCUT2D eigenvalue weighted by molar-refractivity contribution is 0.305. The second-order valence-electron chi connectivity index (χ2n) is 3.71. The first-order valence-electron chi connectivity index (χ1n) is 5.44. The average Bonchev–Trinajstić information content (AvgIpc) is 2.46. The Morgan fingerprint density at radius 1 is 0.944 bits per heavy atom. The molecule has 0 aliphatic rings. The second-order valence-corrected chi connectivity index (χ2v) is 3.71. The van der Waals surface area contributed by atoms with Crippen LogP contribution in [0.1, 0.15) is 16.7 Å². The van der Waals surface area contributed by atoms with Gasteiger partial charge >= 0.3 is 0 Å². The molecule has 0 aliphatic carbocycles. The SMILES string of the molecule is N#Cc1ccc(OCc2ccccc2)c(C#N)c1. The Morgan fingerprint density at radius 3 is 2.39 bits per heavy atom. The predicted molar refractivity (Wildman–Crippen MR) is 66.6 cm³/mol. The third-order valence-electron chi connectivity index (χ3n) is 2.47. The van der Waals surface area contributed by atoms with Crippen molar-refractivity contribution in [1.29, 1.82) is 10.5 Å². The molecule has 0 N–H and O–H groups in total. The van der Waals surface area contributed by atoms with Gasteiger partial charge in [0.25, 0.3) is 0 Å². The van der Waals surface area contributed by atoms with Crippen LogP contribution in [0.2, 0.25) is 0 Å². The van der Waals surface area contributed by atoms with Gasteiger partial charge in [0.05, 0.1) is 17.2 Å². The zero-order valence-electron chi connectivity index (χ0n) is 9.63. The highest BCUT2D eigenvalue weighted by atomic mass is 16.5. The van der Waals surface area contributed by atoms with E-state index in [1.807, 2.05) is 42.5 Å². The molecule has 0 bridgehead atoms. The lowest BCUT2D eigenvalue weighted by Gasteiger charge is -2.07. The molecule has 0 radical (unpaired) electrons. The van der Waals surface area contributed by atoms with E-state index in [0.717, 1.165) is 5.56 Å². The van der Waals surface area contributed by atoms with Gasteiger partial charge in [-0.3, -0.25) is 0 Å². The molecule has 0 saturated heterocycles. The summed E-state index contributed by atoms with van der Waals surface area (Å²) >= 11 is 0. The van der Waals surface area contributed by atoms with Gasteiger partial charge in [-0.15, -0.1) is 0 Å². The maximum Gasteiger partial charge on any atom is 0.137 e. The van der Waals surface area contributed by atoms with Crippen molar-refractivity contribution in [1.82, 2.24) is 0 Å². The summed E-state index contributed by atoms with van der Waals surface area (Å²) in [4.78, 5) is 0. The van der Waals surface area contributed by atoms with Crippen molar-refractivity contribution in [2.24, 2.45) is 0 Å². The summed E-state index contributed by atoms with van der Waals surface area (Å²) in [7, 11) is 0.